The Morgan fingerprint density at radius 1 is 1.50 bits per heavy atom. The summed E-state index contributed by atoms with van der Waals surface area (Å²) in [6.07, 6.45) is 8.90. The third kappa shape index (κ3) is 2.25. The summed E-state index contributed by atoms with van der Waals surface area (Å²) in [7, 11) is -0.0973. The molecule has 1 nitrogen and oxygen atoms in total. The first kappa shape index (κ1) is 11.9. The van der Waals surface area contributed by atoms with Crippen LogP contribution in [0.2, 0.25) is 0 Å². The van der Waals surface area contributed by atoms with Gasteiger partial charge in [-0.3, -0.25) is 0 Å². The summed E-state index contributed by atoms with van der Waals surface area (Å²) >= 11 is 4.41. The molecule has 2 aliphatic rings. The highest BCUT2D eigenvalue weighted by Gasteiger charge is 2.20. The van der Waals surface area contributed by atoms with E-state index in [1.807, 2.05) is 0 Å². The lowest BCUT2D eigenvalue weighted by atomic mass is 9.92. The molecule has 3 heteroatoms. The molecule has 0 spiro atoms. The molecule has 2 unspecified atom stereocenters. The molecule has 86 valence electrons. The Labute approximate surface area is 106 Å². The Morgan fingerprint density at radius 3 is 2.88 bits per heavy atom. The van der Waals surface area contributed by atoms with Crippen molar-refractivity contribution in [2.45, 2.75) is 13.8 Å². The Morgan fingerprint density at radius 2 is 2.19 bits per heavy atom. The third-order valence-corrected chi connectivity index (χ3v) is 4.82. The zero-order chi connectivity index (χ0) is 11.8. The van der Waals surface area contributed by atoms with E-state index in [2.05, 4.69) is 61.0 Å². The van der Waals surface area contributed by atoms with Gasteiger partial charge < -0.3 is 0 Å². The van der Waals surface area contributed by atoms with Crippen LogP contribution in [0.1, 0.15) is 13.8 Å². The van der Waals surface area contributed by atoms with Crippen LogP contribution in [0.5, 0.6) is 0 Å². The average molecular weight is 251 g/mol. The Bertz CT molecular complexity index is 455. The minimum Gasteiger partial charge on any atom is -0.228 e. The van der Waals surface area contributed by atoms with Gasteiger partial charge in [0.05, 0.1) is 5.71 Å². The smallest absolute Gasteiger partial charge is 0.0524 e. The Hall–Kier alpha value is -0.540. The second kappa shape index (κ2) is 4.38. The van der Waals surface area contributed by atoms with E-state index in [1.165, 1.54) is 11.1 Å². The van der Waals surface area contributed by atoms with Gasteiger partial charge in [-0.25, -0.2) is 4.40 Å². The van der Waals surface area contributed by atoms with Crippen LogP contribution in [-0.2, 0) is 0 Å². The number of allylic oxidation sites excluding steroid dienone is 5. The van der Waals surface area contributed by atoms with Crippen molar-refractivity contribution in [2.75, 3.05) is 11.5 Å². The molecule has 0 aromatic heterocycles. The van der Waals surface area contributed by atoms with Gasteiger partial charge in [-0.2, -0.15) is 12.6 Å². The predicted octanol–water partition coefficient (Wildman–Crippen LogP) is 3.44. The average Bonchev–Trinajstić information content (AvgIpc) is 2.40. The monoisotopic (exact) mass is 251 g/mol. The zero-order valence-corrected chi connectivity index (χ0v) is 11.4. The topological polar surface area (TPSA) is 12.4 Å². The molecule has 1 aliphatic heterocycles. The normalized spacial score (nSPS) is 33.4. The molecular formula is C13H17NS2. The SMILES string of the molecule is C=S1CC2=C(C=CC(C)(CS)C=C2)C(C)=N1. The molecule has 0 saturated carbocycles. The molecule has 0 amide bonds. The van der Waals surface area contributed by atoms with Gasteiger partial charge in [-0.15, -0.1) is 0 Å². The van der Waals surface area contributed by atoms with Crippen LogP contribution in [0.25, 0.3) is 0 Å². The lowest BCUT2D eigenvalue weighted by molar-refractivity contribution is 0.642. The van der Waals surface area contributed by atoms with Crippen molar-refractivity contribution in [3.63, 3.8) is 0 Å². The highest BCUT2D eigenvalue weighted by atomic mass is 32.2. The van der Waals surface area contributed by atoms with E-state index >= 15 is 0 Å². The van der Waals surface area contributed by atoms with Gasteiger partial charge in [0.1, 0.15) is 0 Å². The largest absolute Gasteiger partial charge is 0.228 e. The van der Waals surface area contributed by atoms with Crippen LogP contribution in [0.3, 0.4) is 0 Å². The van der Waals surface area contributed by atoms with E-state index in [1.54, 1.807) is 0 Å². The second-order valence-electron chi connectivity index (χ2n) is 4.55. The van der Waals surface area contributed by atoms with E-state index in [-0.39, 0.29) is 16.1 Å². The maximum atomic E-state index is 4.55. The van der Waals surface area contributed by atoms with E-state index in [9.17, 15) is 0 Å². The summed E-state index contributed by atoms with van der Waals surface area (Å²) in [6.45, 7) is 4.27. The maximum absolute atomic E-state index is 4.55. The van der Waals surface area contributed by atoms with Crippen LogP contribution in [0.15, 0.2) is 39.8 Å². The first-order valence-electron chi connectivity index (χ1n) is 5.33. The van der Waals surface area contributed by atoms with Crippen LogP contribution >= 0.6 is 23.3 Å². The quantitative estimate of drug-likeness (QED) is 0.541. The molecule has 2 rings (SSSR count). The van der Waals surface area contributed by atoms with Crippen molar-refractivity contribution in [1.82, 2.24) is 0 Å². The summed E-state index contributed by atoms with van der Waals surface area (Å²) in [5.74, 6) is 5.85. The van der Waals surface area contributed by atoms with Gasteiger partial charge in [0.2, 0.25) is 0 Å². The van der Waals surface area contributed by atoms with Gasteiger partial charge >= 0.3 is 0 Å². The summed E-state index contributed by atoms with van der Waals surface area (Å²) in [5, 5.41) is 0. The number of hydrogen-bond acceptors (Lipinski definition) is 2. The molecule has 0 fully saturated rings. The van der Waals surface area contributed by atoms with Crippen LogP contribution < -0.4 is 0 Å². The van der Waals surface area contributed by atoms with Crippen molar-refractivity contribution >= 4 is 34.9 Å². The molecule has 0 N–H and O–H groups in total. The van der Waals surface area contributed by atoms with Crippen molar-refractivity contribution in [3.8, 4) is 0 Å². The van der Waals surface area contributed by atoms with E-state index in [0.29, 0.717) is 0 Å². The van der Waals surface area contributed by atoms with Gasteiger partial charge in [-0.1, -0.05) is 47.8 Å². The van der Waals surface area contributed by atoms with E-state index < -0.39 is 0 Å². The van der Waals surface area contributed by atoms with Gasteiger partial charge in [0.15, 0.2) is 0 Å². The molecule has 1 aliphatic carbocycles. The maximum Gasteiger partial charge on any atom is 0.0524 e. The van der Waals surface area contributed by atoms with Crippen LogP contribution in [0.4, 0.5) is 0 Å². The van der Waals surface area contributed by atoms with E-state index in [0.717, 1.165) is 17.2 Å². The number of thiol groups is 1. The Balaban J connectivity index is 2.43. The molecule has 0 saturated heterocycles. The predicted molar refractivity (Wildman–Crippen MR) is 80.0 cm³/mol. The van der Waals surface area contributed by atoms with Crippen LogP contribution in [0, 0.1) is 5.41 Å². The van der Waals surface area contributed by atoms with Gasteiger partial charge in [0.25, 0.3) is 0 Å². The summed E-state index contributed by atoms with van der Waals surface area (Å²) in [6, 6.07) is 0. The molecular weight excluding hydrogens is 234 g/mol. The van der Waals surface area contributed by atoms with Gasteiger partial charge in [0, 0.05) is 22.5 Å². The minimum absolute atomic E-state index is 0.0561. The lowest BCUT2D eigenvalue weighted by Crippen LogP contribution is -2.10. The number of hydrogen-bond donors (Lipinski definition) is 1. The fourth-order valence-corrected chi connectivity index (χ4v) is 3.23. The second-order valence-corrected chi connectivity index (χ2v) is 6.26. The fourth-order valence-electron chi connectivity index (χ4n) is 1.86. The molecule has 16 heavy (non-hydrogen) atoms. The first-order chi connectivity index (χ1) is 7.54. The highest BCUT2D eigenvalue weighted by molar-refractivity contribution is 8.13. The highest BCUT2D eigenvalue weighted by Crippen LogP contribution is 2.33. The van der Waals surface area contributed by atoms with Crippen LogP contribution in [-0.4, -0.2) is 23.1 Å². The molecule has 0 radical (unpaired) electrons. The Kier molecular flexibility index (Phi) is 3.27. The van der Waals surface area contributed by atoms with Crippen molar-refractivity contribution in [3.05, 3.63) is 35.5 Å². The third-order valence-electron chi connectivity index (χ3n) is 2.96. The summed E-state index contributed by atoms with van der Waals surface area (Å²) in [4.78, 5) is 0. The molecule has 1 heterocycles. The lowest BCUT2D eigenvalue weighted by Gasteiger charge is -2.17. The van der Waals surface area contributed by atoms with Crippen molar-refractivity contribution < 1.29 is 0 Å². The fraction of sp³-hybridized carbons (Fsp3) is 0.385. The molecule has 2 atom stereocenters. The van der Waals surface area contributed by atoms with Crippen molar-refractivity contribution in [2.24, 2.45) is 9.81 Å². The zero-order valence-electron chi connectivity index (χ0n) is 9.73. The summed E-state index contributed by atoms with van der Waals surface area (Å²) in [5.41, 5.74) is 3.81. The molecule has 0 aromatic rings. The van der Waals surface area contributed by atoms with E-state index in [4.69, 9.17) is 0 Å². The molecule has 0 aromatic carbocycles. The number of rotatable bonds is 1. The first-order valence-corrected chi connectivity index (χ1v) is 7.48. The number of nitrogens with zero attached hydrogens (tertiary/aromatic N) is 1. The summed E-state index contributed by atoms with van der Waals surface area (Å²) < 4.78 is 4.55. The molecule has 0 bridgehead atoms. The van der Waals surface area contributed by atoms with Gasteiger partial charge in [-0.05, 0) is 12.5 Å². The van der Waals surface area contributed by atoms with Crippen molar-refractivity contribution in [1.29, 1.82) is 0 Å². The standard InChI is InChI=1S/C13H17NS2/c1-10-12-5-7-13(2,9-15)6-4-11(12)8-16(3)14-10/h4-7,15H,3,8-9H2,1-2H3. The minimum atomic E-state index is -0.0973.